The number of nitriles is 1. The molecule has 2 heterocycles. The lowest BCUT2D eigenvalue weighted by Crippen LogP contribution is -1.89. The molecule has 0 aliphatic heterocycles. The molecule has 4 heteroatoms. The third-order valence-electron chi connectivity index (χ3n) is 1.92. The molecule has 0 radical (unpaired) electrons. The lowest BCUT2D eigenvalue weighted by atomic mass is 10.2. The maximum absolute atomic E-state index is 8.74. The van der Waals surface area contributed by atoms with Crippen molar-refractivity contribution < 1.29 is 0 Å². The second-order valence-corrected chi connectivity index (χ2v) is 3.30. The van der Waals surface area contributed by atoms with Crippen LogP contribution >= 0.6 is 11.6 Å². The topological polar surface area (TPSA) is 49.6 Å². The number of halogens is 1. The van der Waals surface area contributed by atoms with Gasteiger partial charge in [-0.3, -0.25) is 0 Å². The second kappa shape index (κ2) is 3.24. The van der Waals surface area contributed by atoms with Gasteiger partial charge in [0.1, 0.15) is 6.07 Å². The Balaban J connectivity index is 2.85. The zero-order valence-corrected chi connectivity index (χ0v) is 8.21. The van der Waals surface area contributed by atoms with Crippen molar-refractivity contribution in [3.63, 3.8) is 0 Å². The highest BCUT2D eigenvalue weighted by Gasteiger charge is 2.06. The normalized spacial score (nSPS) is 10.1. The van der Waals surface area contributed by atoms with Gasteiger partial charge in [-0.25, -0.2) is 9.97 Å². The molecule has 0 bridgehead atoms. The van der Waals surface area contributed by atoms with Crippen molar-refractivity contribution in [3.8, 4) is 6.07 Å². The Bertz CT molecular complexity index is 543. The highest BCUT2D eigenvalue weighted by molar-refractivity contribution is 6.36. The molecule has 0 aliphatic rings. The van der Waals surface area contributed by atoms with Gasteiger partial charge in [0.15, 0.2) is 5.65 Å². The zero-order valence-electron chi connectivity index (χ0n) is 7.45. The molecule has 2 aromatic rings. The smallest absolute Gasteiger partial charge is 0.160 e. The van der Waals surface area contributed by atoms with E-state index in [2.05, 4.69) is 9.97 Å². The fourth-order valence-corrected chi connectivity index (χ4v) is 1.46. The Morgan fingerprint density at radius 1 is 1.43 bits per heavy atom. The lowest BCUT2D eigenvalue weighted by Gasteiger charge is -2.00. The molecule has 0 spiro atoms. The standard InChI is InChI=1S/C10H6ClN3/c1-6-2-3-8-9(11)7(4-12)5-13-10(8)14-6/h2-3,5H,1H3. The SMILES string of the molecule is Cc1ccc2c(Cl)c(C#N)cnc2n1. The van der Waals surface area contributed by atoms with Gasteiger partial charge in [0.05, 0.1) is 10.6 Å². The Hall–Kier alpha value is -1.66. The number of hydrogen-bond acceptors (Lipinski definition) is 3. The summed E-state index contributed by atoms with van der Waals surface area (Å²) in [6.45, 7) is 1.88. The summed E-state index contributed by atoms with van der Waals surface area (Å²) >= 11 is 5.99. The molecule has 3 nitrogen and oxygen atoms in total. The van der Waals surface area contributed by atoms with Crippen LogP contribution in [0.2, 0.25) is 5.02 Å². The van der Waals surface area contributed by atoms with Crippen molar-refractivity contribution in [2.24, 2.45) is 0 Å². The molecule has 0 atom stereocenters. The molecule has 0 amide bonds. The Labute approximate surface area is 86.0 Å². The average molecular weight is 204 g/mol. The van der Waals surface area contributed by atoms with Crippen molar-refractivity contribution in [3.05, 3.63) is 34.6 Å². The maximum atomic E-state index is 8.74. The van der Waals surface area contributed by atoms with Crippen LogP contribution < -0.4 is 0 Å². The molecule has 0 N–H and O–H groups in total. The summed E-state index contributed by atoms with van der Waals surface area (Å²) in [4.78, 5) is 8.26. The van der Waals surface area contributed by atoms with Crippen LogP contribution in [0.5, 0.6) is 0 Å². The van der Waals surface area contributed by atoms with Crippen molar-refractivity contribution in [1.29, 1.82) is 5.26 Å². The molecule has 2 rings (SSSR count). The van der Waals surface area contributed by atoms with Crippen molar-refractivity contribution in [2.75, 3.05) is 0 Å². The fraction of sp³-hybridized carbons (Fsp3) is 0.100. The first-order chi connectivity index (χ1) is 6.72. The third-order valence-corrected chi connectivity index (χ3v) is 2.33. The van der Waals surface area contributed by atoms with E-state index in [-0.39, 0.29) is 0 Å². The number of pyridine rings is 2. The molecular weight excluding hydrogens is 198 g/mol. The van der Waals surface area contributed by atoms with Gasteiger partial charge in [0.25, 0.3) is 0 Å². The lowest BCUT2D eigenvalue weighted by molar-refractivity contribution is 1.20. The molecular formula is C10H6ClN3. The summed E-state index contributed by atoms with van der Waals surface area (Å²) in [6, 6.07) is 5.65. The van der Waals surface area contributed by atoms with Crippen LogP contribution in [0.15, 0.2) is 18.3 Å². The molecule has 0 saturated heterocycles. The van der Waals surface area contributed by atoms with Crippen LogP contribution in [-0.4, -0.2) is 9.97 Å². The second-order valence-electron chi connectivity index (χ2n) is 2.92. The van der Waals surface area contributed by atoms with Crippen LogP contribution in [0, 0.1) is 18.3 Å². The Kier molecular flexibility index (Phi) is 2.06. The predicted octanol–water partition coefficient (Wildman–Crippen LogP) is 2.46. The number of hydrogen-bond donors (Lipinski definition) is 0. The summed E-state index contributed by atoms with van der Waals surface area (Å²) in [5.74, 6) is 0. The first-order valence-electron chi connectivity index (χ1n) is 4.04. The quantitative estimate of drug-likeness (QED) is 0.661. The first kappa shape index (κ1) is 8.92. The third kappa shape index (κ3) is 1.30. The number of aryl methyl sites for hydroxylation is 1. The fourth-order valence-electron chi connectivity index (χ4n) is 1.22. The van der Waals surface area contributed by atoms with Gasteiger partial charge in [0.2, 0.25) is 0 Å². The van der Waals surface area contributed by atoms with Crippen LogP contribution in [0.25, 0.3) is 11.0 Å². The Morgan fingerprint density at radius 2 is 2.21 bits per heavy atom. The molecule has 2 aromatic heterocycles. The van der Waals surface area contributed by atoms with Gasteiger partial charge >= 0.3 is 0 Å². The monoisotopic (exact) mass is 203 g/mol. The highest BCUT2D eigenvalue weighted by Crippen LogP contribution is 2.23. The zero-order chi connectivity index (χ0) is 10.1. The Morgan fingerprint density at radius 3 is 2.93 bits per heavy atom. The average Bonchev–Trinajstić information content (AvgIpc) is 2.18. The summed E-state index contributed by atoms with van der Waals surface area (Å²) in [5.41, 5.74) is 1.84. The van der Waals surface area contributed by atoms with Crippen LogP contribution in [0.4, 0.5) is 0 Å². The maximum Gasteiger partial charge on any atom is 0.160 e. The number of aromatic nitrogens is 2. The summed E-state index contributed by atoms with van der Waals surface area (Å²) in [6.07, 6.45) is 1.44. The van der Waals surface area contributed by atoms with Crippen LogP contribution in [0.3, 0.4) is 0 Å². The molecule has 0 fully saturated rings. The molecule has 68 valence electrons. The van der Waals surface area contributed by atoms with Crippen molar-refractivity contribution >= 4 is 22.6 Å². The van der Waals surface area contributed by atoms with Crippen LogP contribution in [0.1, 0.15) is 11.3 Å². The van der Waals surface area contributed by atoms with E-state index in [0.29, 0.717) is 16.2 Å². The first-order valence-corrected chi connectivity index (χ1v) is 4.42. The minimum absolute atomic E-state index is 0.379. The van der Waals surface area contributed by atoms with Gasteiger partial charge in [-0.15, -0.1) is 0 Å². The van der Waals surface area contributed by atoms with E-state index in [1.807, 2.05) is 25.1 Å². The molecule has 0 unspecified atom stereocenters. The van der Waals surface area contributed by atoms with E-state index in [0.717, 1.165) is 11.1 Å². The molecule has 0 saturated carbocycles. The number of fused-ring (bicyclic) bond motifs is 1. The minimum atomic E-state index is 0.379. The van der Waals surface area contributed by atoms with E-state index in [9.17, 15) is 0 Å². The van der Waals surface area contributed by atoms with Gasteiger partial charge in [-0.2, -0.15) is 5.26 Å². The van der Waals surface area contributed by atoms with E-state index in [4.69, 9.17) is 16.9 Å². The van der Waals surface area contributed by atoms with Gasteiger partial charge in [-0.1, -0.05) is 11.6 Å². The largest absolute Gasteiger partial charge is 0.235 e. The van der Waals surface area contributed by atoms with Gasteiger partial charge < -0.3 is 0 Å². The molecule has 14 heavy (non-hydrogen) atoms. The minimum Gasteiger partial charge on any atom is -0.235 e. The number of rotatable bonds is 0. The van der Waals surface area contributed by atoms with Gasteiger partial charge in [0, 0.05) is 17.3 Å². The van der Waals surface area contributed by atoms with E-state index < -0.39 is 0 Å². The van der Waals surface area contributed by atoms with E-state index >= 15 is 0 Å². The van der Waals surface area contributed by atoms with Crippen LogP contribution in [-0.2, 0) is 0 Å². The highest BCUT2D eigenvalue weighted by atomic mass is 35.5. The van der Waals surface area contributed by atoms with Gasteiger partial charge in [-0.05, 0) is 19.1 Å². The number of nitrogens with zero attached hydrogens (tertiary/aromatic N) is 3. The molecule has 0 aliphatic carbocycles. The summed E-state index contributed by atoms with van der Waals surface area (Å²) in [7, 11) is 0. The van der Waals surface area contributed by atoms with Crippen molar-refractivity contribution in [2.45, 2.75) is 6.92 Å². The predicted molar refractivity (Wildman–Crippen MR) is 54.0 cm³/mol. The summed E-state index contributed by atoms with van der Waals surface area (Å²) in [5, 5.41) is 9.88. The van der Waals surface area contributed by atoms with E-state index in [1.54, 1.807) is 0 Å². The van der Waals surface area contributed by atoms with Crippen molar-refractivity contribution in [1.82, 2.24) is 9.97 Å². The summed E-state index contributed by atoms with van der Waals surface area (Å²) < 4.78 is 0. The van der Waals surface area contributed by atoms with E-state index in [1.165, 1.54) is 6.20 Å². The molecule has 0 aromatic carbocycles.